The van der Waals surface area contributed by atoms with Crippen LogP contribution in [0.2, 0.25) is 0 Å². The van der Waals surface area contributed by atoms with E-state index in [1.165, 1.54) is 0 Å². The van der Waals surface area contributed by atoms with E-state index in [2.05, 4.69) is 17.4 Å². The predicted octanol–water partition coefficient (Wildman–Crippen LogP) is 4.52. The fourth-order valence-electron chi connectivity index (χ4n) is 4.62. The molecule has 0 amide bonds. The zero-order valence-corrected chi connectivity index (χ0v) is 20.0. The van der Waals surface area contributed by atoms with Gasteiger partial charge in [0.1, 0.15) is 18.0 Å². The molecule has 2 aromatic carbocycles. The highest BCUT2D eigenvalue weighted by Gasteiger charge is 2.56. The fraction of sp³-hybridized carbons (Fsp3) is 0.519. The molecule has 0 bridgehead atoms. The molecule has 0 saturated carbocycles. The summed E-state index contributed by atoms with van der Waals surface area (Å²) in [4.78, 5) is 13.1. The number of nitrogens with one attached hydrogen (secondary N) is 1. The molecule has 32 heavy (non-hydrogen) atoms. The van der Waals surface area contributed by atoms with Crippen molar-refractivity contribution in [1.82, 2.24) is 5.32 Å². The van der Waals surface area contributed by atoms with Crippen LogP contribution in [0.4, 0.5) is 0 Å². The minimum Gasteiger partial charge on any atom is -0.489 e. The summed E-state index contributed by atoms with van der Waals surface area (Å²) in [5.74, 6) is 0.156. The van der Waals surface area contributed by atoms with Gasteiger partial charge in [-0.15, -0.1) is 0 Å². The van der Waals surface area contributed by atoms with E-state index in [9.17, 15) is 9.90 Å². The number of aliphatic hydroxyl groups excluding tert-OH is 1. The van der Waals surface area contributed by atoms with Crippen LogP contribution in [0.3, 0.4) is 0 Å². The number of carbonyl (C=O) groups is 1. The summed E-state index contributed by atoms with van der Waals surface area (Å²) in [5.41, 5.74) is 0.713. The minimum atomic E-state index is -0.563. The number of hydrogen-bond donors (Lipinski definition) is 2. The summed E-state index contributed by atoms with van der Waals surface area (Å²) < 4.78 is 11.6. The molecule has 0 radical (unpaired) electrons. The van der Waals surface area contributed by atoms with Crippen molar-refractivity contribution >= 4 is 5.97 Å². The third-order valence-electron chi connectivity index (χ3n) is 6.27. The van der Waals surface area contributed by atoms with Gasteiger partial charge >= 0.3 is 5.97 Å². The number of hydrogen-bond acceptors (Lipinski definition) is 5. The van der Waals surface area contributed by atoms with E-state index in [1.54, 1.807) is 0 Å². The third kappa shape index (κ3) is 5.90. The van der Waals surface area contributed by atoms with Crippen LogP contribution in [0.25, 0.3) is 0 Å². The van der Waals surface area contributed by atoms with Gasteiger partial charge in [-0.25, -0.2) is 0 Å². The van der Waals surface area contributed by atoms with Gasteiger partial charge in [-0.3, -0.25) is 4.79 Å². The summed E-state index contributed by atoms with van der Waals surface area (Å²) >= 11 is 0. The van der Waals surface area contributed by atoms with Crippen LogP contribution < -0.4 is 10.1 Å². The Labute approximate surface area is 192 Å². The van der Waals surface area contributed by atoms with Gasteiger partial charge in [-0.1, -0.05) is 42.5 Å². The Balaban J connectivity index is 1.66. The van der Waals surface area contributed by atoms with Crippen LogP contribution in [0.5, 0.6) is 5.75 Å². The van der Waals surface area contributed by atoms with E-state index in [0.29, 0.717) is 19.6 Å². The highest BCUT2D eigenvalue weighted by molar-refractivity contribution is 5.76. The molecule has 1 saturated heterocycles. The monoisotopic (exact) mass is 439 g/mol. The lowest BCUT2D eigenvalue weighted by Crippen LogP contribution is -2.48. The number of aliphatic hydroxyl groups is 1. The van der Waals surface area contributed by atoms with Gasteiger partial charge in [-0.2, -0.15) is 0 Å². The summed E-state index contributed by atoms with van der Waals surface area (Å²) in [5, 5.41) is 13.9. The number of aryl methyl sites for hydroxylation is 1. The van der Waals surface area contributed by atoms with E-state index < -0.39 is 22.5 Å². The van der Waals surface area contributed by atoms with Gasteiger partial charge in [0.15, 0.2) is 0 Å². The second-order valence-electron chi connectivity index (χ2n) is 10.5. The zero-order chi connectivity index (χ0) is 23.4. The van der Waals surface area contributed by atoms with Crippen LogP contribution >= 0.6 is 0 Å². The second kappa shape index (κ2) is 9.63. The molecular formula is C27H37NO4. The first-order valence-corrected chi connectivity index (χ1v) is 11.4. The van der Waals surface area contributed by atoms with Crippen LogP contribution in [0.15, 0.2) is 54.6 Å². The van der Waals surface area contributed by atoms with Crippen LogP contribution in [0, 0.1) is 11.3 Å². The first kappa shape index (κ1) is 24.3. The van der Waals surface area contributed by atoms with Crippen molar-refractivity contribution in [2.75, 3.05) is 13.2 Å². The normalized spacial score (nSPS) is 22.5. The lowest BCUT2D eigenvalue weighted by molar-refractivity contribution is -0.167. The quantitative estimate of drug-likeness (QED) is 0.592. The van der Waals surface area contributed by atoms with E-state index in [1.807, 2.05) is 77.1 Å². The Morgan fingerprint density at radius 2 is 1.72 bits per heavy atom. The van der Waals surface area contributed by atoms with Gasteiger partial charge in [0.05, 0.1) is 12.5 Å². The molecule has 2 aromatic rings. The molecule has 0 aliphatic carbocycles. The molecular weight excluding hydrogens is 402 g/mol. The van der Waals surface area contributed by atoms with Gasteiger partial charge < -0.3 is 19.9 Å². The van der Waals surface area contributed by atoms with Crippen LogP contribution in [-0.4, -0.2) is 35.4 Å². The maximum atomic E-state index is 13.1. The van der Waals surface area contributed by atoms with Crippen molar-refractivity contribution in [3.8, 4) is 5.75 Å². The highest BCUT2D eigenvalue weighted by atomic mass is 16.6. The van der Waals surface area contributed by atoms with Crippen molar-refractivity contribution in [2.24, 2.45) is 11.3 Å². The summed E-state index contributed by atoms with van der Waals surface area (Å²) in [6, 6.07) is 18.2. The Bertz CT molecular complexity index is 886. The molecule has 0 spiro atoms. The molecule has 2 unspecified atom stereocenters. The van der Waals surface area contributed by atoms with Crippen molar-refractivity contribution in [3.05, 3.63) is 65.7 Å². The average Bonchev–Trinajstić information content (AvgIpc) is 3.02. The Morgan fingerprint density at radius 1 is 1.06 bits per heavy atom. The van der Waals surface area contributed by atoms with Gasteiger partial charge in [0.25, 0.3) is 0 Å². The number of carbonyl (C=O) groups excluding carboxylic acids is 1. The van der Waals surface area contributed by atoms with E-state index in [-0.39, 0.29) is 12.6 Å². The van der Waals surface area contributed by atoms with Gasteiger partial charge in [0, 0.05) is 17.5 Å². The Hall–Kier alpha value is -2.37. The lowest BCUT2D eigenvalue weighted by atomic mass is 9.68. The molecule has 1 heterocycles. The topological polar surface area (TPSA) is 67.8 Å². The number of esters is 1. The number of rotatable bonds is 8. The zero-order valence-electron chi connectivity index (χ0n) is 20.0. The fourth-order valence-corrected chi connectivity index (χ4v) is 4.62. The first-order chi connectivity index (χ1) is 15.0. The van der Waals surface area contributed by atoms with Gasteiger partial charge in [0.2, 0.25) is 0 Å². The average molecular weight is 440 g/mol. The second-order valence-corrected chi connectivity index (χ2v) is 10.5. The molecule has 0 aromatic heterocycles. The minimum absolute atomic E-state index is 0.0639. The summed E-state index contributed by atoms with van der Waals surface area (Å²) in [6.45, 7) is 10.7. The Morgan fingerprint density at radius 3 is 2.31 bits per heavy atom. The van der Waals surface area contributed by atoms with E-state index in [0.717, 1.165) is 23.3 Å². The number of benzene rings is 2. The smallest absolute Gasteiger partial charge is 0.312 e. The van der Waals surface area contributed by atoms with Crippen LogP contribution in [-0.2, 0) is 22.6 Å². The predicted molar refractivity (Wildman–Crippen MR) is 126 cm³/mol. The van der Waals surface area contributed by atoms with Gasteiger partial charge in [-0.05, 0) is 70.7 Å². The maximum Gasteiger partial charge on any atom is 0.312 e. The Kier molecular flexibility index (Phi) is 7.31. The largest absolute Gasteiger partial charge is 0.489 e. The standard InChI is InChI=1S/C27H37NO4/c1-25(2,3)32-24(30)23-26(4,5)28-18-27(23,19-29)16-15-20-11-13-22(14-12-20)31-17-21-9-7-6-8-10-21/h6-14,23,28-29H,15-19H2,1-5H3. The molecule has 5 nitrogen and oxygen atoms in total. The molecule has 2 atom stereocenters. The number of ether oxygens (including phenoxy) is 2. The molecule has 2 N–H and O–H groups in total. The van der Waals surface area contributed by atoms with Crippen molar-refractivity contribution < 1.29 is 19.4 Å². The van der Waals surface area contributed by atoms with Crippen molar-refractivity contribution in [2.45, 2.75) is 65.2 Å². The molecule has 5 heteroatoms. The van der Waals surface area contributed by atoms with Crippen LogP contribution in [0.1, 0.15) is 52.2 Å². The molecule has 1 aliphatic heterocycles. The molecule has 3 rings (SSSR count). The molecule has 1 fully saturated rings. The SMILES string of the molecule is CC(C)(C)OC(=O)C1C(CO)(CCc2ccc(OCc3ccccc3)cc2)CNC1(C)C. The first-order valence-electron chi connectivity index (χ1n) is 11.4. The van der Waals surface area contributed by atoms with E-state index in [4.69, 9.17) is 9.47 Å². The molecule has 1 aliphatic rings. The van der Waals surface area contributed by atoms with Crippen molar-refractivity contribution in [3.63, 3.8) is 0 Å². The summed E-state index contributed by atoms with van der Waals surface area (Å²) in [6.07, 6.45) is 1.45. The van der Waals surface area contributed by atoms with E-state index >= 15 is 0 Å². The lowest BCUT2D eigenvalue weighted by Gasteiger charge is -2.38. The highest BCUT2D eigenvalue weighted by Crippen LogP contribution is 2.45. The molecule has 174 valence electrons. The summed E-state index contributed by atoms with van der Waals surface area (Å²) in [7, 11) is 0. The van der Waals surface area contributed by atoms with Crippen molar-refractivity contribution in [1.29, 1.82) is 0 Å². The maximum absolute atomic E-state index is 13.1. The third-order valence-corrected chi connectivity index (χ3v) is 6.27.